The molecule has 0 fully saturated rings. The zero-order valence-corrected chi connectivity index (χ0v) is 11.6. The fourth-order valence-electron chi connectivity index (χ4n) is 1.98. The Bertz CT molecular complexity index is 528. The topological polar surface area (TPSA) is 12.0 Å². The van der Waals surface area contributed by atoms with E-state index >= 15 is 0 Å². The summed E-state index contributed by atoms with van der Waals surface area (Å²) >= 11 is 5.65. The number of halogens is 2. The molecule has 1 N–H and O–H groups in total. The molecule has 19 heavy (non-hydrogen) atoms. The van der Waals surface area contributed by atoms with Crippen molar-refractivity contribution in [3.63, 3.8) is 0 Å². The van der Waals surface area contributed by atoms with Gasteiger partial charge in [-0.05, 0) is 29.2 Å². The van der Waals surface area contributed by atoms with Crippen LogP contribution in [-0.2, 0) is 6.54 Å². The van der Waals surface area contributed by atoms with E-state index in [1.54, 1.807) is 6.07 Å². The first-order valence-electron chi connectivity index (χ1n) is 6.36. The molecule has 2 aromatic rings. The third-order valence-electron chi connectivity index (χ3n) is 3.13. The molecule has 2 rings (SSSR count). The SMILES string of the molecule is CC(CNCc1ccc(Cl)c(F)c1)c1ccccc1. The highest BCUT2D eigenvalue weighted by atomic mass is 35.5. The molecule has 0 saturated carbocycles. The minimum Gasteiger partial charge on any atom is -0.312 e. The van der Waals surface area contributed by atoms with Gasteiger partial charge in [-0.15, -0.1) is 0 Å². The zero-order valence-electron chi connectivity index (χ0n) is 10.9. The van der Waals surface area contributed by atoms with Gasteiger partial charge in [0.05, 0.1) is 5.02 Å². The van der Waals surface area contributed by atoms with Gasteiger partial charge >= 0.3 is 0 Å². The van der Waals surface area contributed by atoms with Crippen LogP contribution in [0.1, 0.15) is 24.0 Å². The van der Waals surface area contributed by atoms with Crippen molar-refractivity contribution in [3.8, 4) is 0 Å². The Labute approximate surface area is 118 Å². The van der Waals surface area contributed by atoms with Crippen LogP contribution in [0.5, 0.6) is 0 Å². The first kappa shape index (κ1) is 14.0. The lowest BCUT2D eigenvalue weighted by Crippen LogP contribution is -2.19. The summed E-state index contributed by atoms with van der Waals surface area (Å²) in [6.45, 7) is 3.67. The van der Waals surface area contributed by atoms with Gasteiger partial charge in [0.15, 0.2) is 0 Å². The lowest BCUT2D eigenvalue weighted by atomic mass is 10.0. The van der Waals surface area contributed by atoms with E-state index in [9.17, 15) is 4.39 Å². The average molecular weight is 278 g/mol. The summed E-state index contributed by atoms with van der Waals surface area (Å²) in [4.78, 5) is 0. The highest BCUT2D eigenvalue weighted by Gasteiger charge is 2.05. The Hall–Kier alpha value is -1.38. The van der Waals surface area contributed by atoms with Crippen molar-refractivity contribution in [1.29, 1.82) is 0 Å². The number of hydrogen-bond donors (Lipinski definition) is 1. The van der Waals surface area contributed by atoms with E-state index in [0.717, 1.165) is 12.1 Å². The number of rotatable bonds is 5. The van der Waals surface area contributed by atoms with Gasteiger partial charge in [0.25, 0.3) is 0 Å². The standard InChI is InChI=1S/C16H17ClFN/c1-12(14-5-3-2-4-6-14)10-19-11-13-7-8-15(17)16(18)9-13/h2-9,12,19H,10-11H2,1H3. The van der Waals surface area contributed by atoms with Crippen LogP contribution in [0.2, 0.25) is 5.02 Å². The summed E-state index contributed by atoms with van der Waals surface area (Å²) in [6.07, 6.45) is 0. The molecule has 0 aliphatic rings. The van der Waals surface area contributed by atoms with Crippen molar-refractivity contribution in [2.75, 3.05) is 6.54 Å². The second-order valence-electron chi connectivity index (χ2n) is 4.69. The van der Waals surface area contributed by atoms with Crippen LogP contribution in [0.3, 0.4) is 0 Å². The fraction of sp³-hybridized carbons (Fsp3) is 0.250. The van der Waals surface area contributed by atoms with Crippen molar-refractivity contribution in [1.82, 2.24) is 5.32 Å². The Morgan fingerprint density at radius 3 is 2.58 bits per heavy atom. The molecule has 100 valence electrons. The third-order valence-corrected chi connectivity index (χ3v) is 3.44. The van der Waals surface area contributed by atoms with E-state index < -0.39 is 0 Å². The molecule has 0 aromatic heterocycles. The highest BCUT2D eigenvalue weighted by Crippen LogP contribution is 2.16. The van der Waals surface area contributed by atoms with Gasteiger partial charge in [0.1, 0.15) is 5.82 Å². The molecule has 1 unspecified atom stereocenters. The monoisotopic (exact) mass is 277 g/mol. The van der Waals surface area contributed by atoms with E-state index in [1.807, 2.05) is 24.3 Å². The lowest BCUT2D eigenvalue weighted by molar-refractivity contribution is 0.603. The third kappa shape index (κ3) is 4.05. The van der Waals surface area contributed by atoms with Gasteiger partial charge in [0, 0.05) is 13.1 Å². The molecule has 0 heterocycles. The van der Waals surface area contributed by atoms with Crippen LogP contribution in [-0.4, -0.2) is 6.54 Å². The Morgan fingerprint density at radius 1 is 1.16 bits per heavy atom. The molecule has 0 aliphatic heterocycles. The molecule has 0 amide bonds. The zero-order chi connectivity index (χ0) is 13.7. The van der Waals surface area contributed by atoms with E-state index in [-0.39, 0.29) is 10.8 Å². The molecule has 0 spiro atoms. The maximum Gasteiger partial charge on any atom is 0.142 e. The lowest BCUT2D eigenvalue weighted by Gasteiger charge is -2.13. The van der Waals surface area contributed by atoms with Gasteiger partial charge in [-0.3, -0.25) is 0 Å². The van der Waals surface area contributed by atoms with Crippen LogP contribution in [0.25, 0.3) is 0 Å². The van der Waals surface area contributed by atoms with Crippen molar-refractivity contribution in [2.45, 2.75) is 19.4 Å². The van der Waals surface area contributed by atoms with Gasteiger partial charge in [-0.1, -0.05) is 54.9 Å². The van der Waals surface area contributed by atoms with Crippen LogP contribution in [0.15, 0.2) is 48.5 Å². The van der Waals surface area contributed by atoms with Crippen LogP contribution in [0.4, 0.5) is 4.39 Å². The molecule has 1 atom stereocenters. The largest absolute Gasteiger partial charge is 0.312 e. The van der Waals surface area contributed by atoms with E-state index in [4.69, 9.17) is 11.6 Å². The number of nitrogens with one attached hydrogen (secondary N) is 1. The van der Waals surface area contributed by atoms with E-state index in [0.29, 0.717) is 12.5 Å². The Balaban J connectivity index is 1.85. The first-order chi connectivity index (χ1) is 9.16. The maximum absolute atomic E-state index is 13.3. The average Bonchev–Trinajstić information content (AvgIpc) is 2.43. The molecule has 0 bridgehead atoms. The quantitative estimate of drug-likeness (QED) is 0.856. The summed E-state index contributed by atoms with van der Waals surface area (Å²) in [7, 11) is 0. The molecule has 2 aromatic carbocycles. The van der Waals surface area contributed by atoms with Crippen molar-refractivity contribution in [2.24, 2.45) is 0 Å². The van der Waals surface area contributed by atoms with Crippen molar-refractivity contribution < 1.29 is 4.39 Å². The van der Waals surface area contributed by atoms with Gasteiger partial charge in [0.2, 0.25) is 0 Å². The Kier molecular flexibility index (Phi) is 4.94. The molecule has 0 aliphatic carbocycles. The second kappa shape index (κ2) is 6.69. The summed E-state index contributed by atoms with van der Waals surface area (Å²) in [5.74, 6) is 0.0652. The number of hydrogen-bond acceptors (Lipinski definition) is 1. The van der Waals surface area contributed by atoms with Crippen molar-refractivity contribution in [3.05, 3.63) is 70.5 Å². The van der Waals surface area contributed by atoms with Crippen LogP contribution >= 0.6 is 11.6 Å². The normalized spacial score (nSPS) is 12.4. The fourth-order valence-corrected chi connectivity index (χ4v) is 2.10. The minimum absolute atomic E-state index is 0.168. The van der Waals surface area contributed by atoms with Gasteiger partial charge in [-0.25, -0.2) is 4.39 Å². The van der Waals surface area contributed by atoms with E-state index in [1.165, 1.54) is 11.6 Å². The van der Waals surface area contributed by atoms with Crippen molar-refractivity contribution >= 4 is 11.6 Å². The van der Waals surface area contributed by atoms with Crippen LogP contribution < -0.4 is 5.32 Å². The smallest absolute Gasteiger partial charge is 0.142 e. The minimum atomic E-state index is -0.364. The highest BCUT2D eigenvalue weighted by molar-refractivity contribution is 6.30. The molecule has 1 nitrogen and oxygen atoms in total. The maximum atomic E-state index is 13.3. The predicted molar refractivity (Wildman–Crippen MR) is 78.0 cm³/mol. The molecule has 3 heteroatoms. The summed E-state index contributed by atoms with van der Waals surface area (Å²) in [6, 6.07) is 15.2. The second-order valence-corrected chi connectivity index (χ2v) is 5.10. The Morgan fingerprint density at radius 2 is 1.89 bits per heavy atom. The summed E-state index contributed by atoms with van der Waals surface area (Å²) < 4.78 is 13.3. The van der Waals surface area contributed by atoms with Gasteiger partial charge < -0.3 is 5.32 Å². The first-order valence-corrected chi connectivity index (χ1v) is 6.74. The van der Waals surface area contributed by atoms with E-state index in [2.05, 4.69) is 24.4 Å². The molecule has 0 radical (unpaired) electrons. The van der Waals surface area contributed by atoms with Gasteiger partial charge in [-0.2, -0.15) is 0 Å². The summed E-state index contributed by atoms with van der Waals surface area (Å²) in [5, 5.41) is 3.50. The van der Waals surface area contributed by atoms with Crippen LogP contribution in [0, 0.1) is 5.82 Å². The molecular formula is C16H17ClFN. The summed E-state index contributed by atoms with van der Waals surface area (Å²) in [5.41, 5.74) is 2.21. The molecular weight excluding hydrogens is 261 g/mol. The molecule has 0 saturated heterocycles. The number of benzene rings is 2. The predicted octanol–water partition coefficient (Wildman–Crippen LogP) is 4.37.